The molecule has 0 spiro atoms. The van der Waals surface area contributed by atoms with E-state index < -0.39 is 6.09 Å². The van der Waals surface area contributed by atoms with Crippen molar-refractivity contribution >= 4 is 6.09 Å². The Balaban J connectivity index is 1.42. The van der Waals surface area contributed by atoms with Crippen molar-refractivity contribution in [1.82, 2.24) is 4.90 Å². The molecule has 2 aliphatic rings. The topological polar surface area (TPSA) is 55.6 Å². The van der Waals surface area contributed by atoms with Crippen LogP contribution in [0.25, 0.3) is 0 Å². The van der Waals surface area contributed by atoms with Crippen molar-refractivity contribution in [2.75, 3.05) is 13.1 Å². The van der Waals surface area contributed by atoms with E-state index in [2.05, 4.69) is 79.4 Å². The van der Waals surface area contributed by atoms with Gasteiger partial charge in [0.25, 0.3) is 0 Å². The van der Waals surface area contributed by atoms with Gasteiger partial charge in [0.2, 0.25) is 0 Å². The highest BCUT2D eigenvalue weighted by molar-refractivity contribution is 5.69. The number of nitrogens with two attached hydrogens (primary N) is 1. The molecule has 2 atom stereocenters. The predicted octanol–water partition coefficient (Wildman–Crippen LogP) is 5.98. The third-order valence-corrected chi connectivity index (χ3v) is 7.83. The molecule has 1 saturated heterocycles. The van der Waals surface area contributed by atoms with Crippen molar-refractivity contribution in [1.29, 1.82) is 0 Å². The van der Waals surface area contributed by atoms with Crippen LogP contribution in [0, 0.1) is 25.7 Å². The summed E-state index contributed by atoms with van der Waals surface area (Å²) in [5.41, 5.74) is 13.0. The fraction of sp³-hybridized carbons (Fsp3) is 0.367. The summed E-state index contributed by atoms with van der Waals surface area (Å²) in [6, 6.07) is 23.5. The summed E-state index contributed by atoms with van der Waals surface area (Å²) < 4.78 is 5.45. The summed E-state index contributed by atoms with van der Waals surface area (Å²) in [6.45, 7) is 7.61. The molecule has 4 heteroatoms. The van der Waals surface area contributed by atoms with E-state index in [-0.39, 0.29) is 0 Å². The molecule has 1 aliphatic heterocycles. The SMILES string of the molecule is Cc1ccc(Cc2c(OC(N)=O)ccc(C3C4CCC3CN(Cc3ccccc3)C4)c2C)cc1. The molecule has 5 rings (SSSR count). The molecule has 3 aromatic rings. The average Bonchev–Trinajstić information content (AvgIpc) is 3.07. The van der Waals surface area contributed by atoms with E-state index >= 15 is 0 Å². The van der Waals surface area contributed by atoms with Crippen LogP contribution >= 0.6 is 0 Å². The van der Waals surface area contributed by atoms with Crippen LogP contribution in [-0.2, 0) is 13.0 Å². The highest BCUT2D eigenvalue weighted by atomic mass is 16.5. The van der Waals surface area contributed by atoms with Crippen LogP contribution in [0.2, 0.25) is 0 Å². The first-order valence-corrected chi connectivity index (χ1v) is 12.4. The Hall–Kier alpha value is -3.11. The molecule has 2 N–H and O–H groups in total. The lowest BCUT2D eigenvalue weighted by Crippen LogP contribution is -2.40. The second-order valence-corrected chi connectivity index (χ2v) is 10.1. The highest BCUT2D eigenvalue weighted by Gasteiger charge is 2.43. The molecule has 1 saturated carbocycles. The van der Waals surface area contributed by atoms with E-state index in [9.17, 15) is 4.79 Å². The zero-order valence-corrected chi connectivity index (χ0v) is 20.2. The van der Waals surface area contributed by atoms with E-state index in [4.69, 9.17) is 10.5 Å². The zero-order valence-electron chi connectivity index (χ0n) is 20.2. The molecule has 1 amide bonds. The first-order chi connectivity index (χ1) is 16.5. The lowest BCUT2D eigenvalue weighted by molar-refractivity contribution is 0.138. The molecule has 2 unspecified atom stereocenters. The molecule has 0 aromatic heterocycles. The number of carbonyl (C=O) groups is 1. The molecular weight excluding hydrogens is 420 g/mol. The van der Waals surface area contributed by atoms with Gasteiger partial charge >= 0.3 is 6.09 Å². The van der Waals surface area contributed by atoms with Gasteiger partial charge in [-0.3, -0.25) is 4.90 Å². The van der Waals surface area contributed by atoms with Crippen LogP contribution in [0.15, 0.2) is 66.7 Å². The molecular formula is C30H34N2O2. The van der Waals surface area contributed by atoms with Crippen molar-refractivity contribution in [2.24, 2.45) is 17.6 Å². The van der Waals surface area contributed by atoms with Crippen molar-refractivity contribution in [3.63, 3.8) is 0 Å². The molecule has 34 heavy (non-hydrogen) atoms. The third kappa shape index (κ3) is 4.74. The van der Waals surface area contributed by atoms with Crippen molar-refractivity contribution in [2.45, 2.75) is 45.6 Å². The van der Waals surface area contributed by atoms with E-state index in [1.165, 1.54) is 40.7 Å². The number of nitrogens with zero attached hydrogens (tertiary/aromatic N) is 1. The van der Waals surface area contributed by atoms with Gasteiger partial charge < -0.3 is 10.5 Å². The van der Waals surface area contributed by atoms with E-state index in [1.807, 2.05) is 6.07 Å². The van der Waals surface area contributed by atoms with E-state index in [0.717, 1.165) is 31.6 Å². The van der Waals surface area contributed by atoms with Gasteiger partial charge in [-0.05, 0) is 72.8 Å². The Bertz CT molecular complexity index is 1140. The Kier molecular flexibility index (Phi) is 6.42. The van der Waals surface area contributed by atoms with E-state index in [0.29, 0.717) is 23.5 Å². The van der Waals surface area contributed by atoms with Gasteiger partial charge in [-0.15, -0.1) is 0 Å². The maximum absolute atomic E-state index is 11.6. The number of ether oxygens (including phenoxy) is 1. The van der Waals surface area contributed by atoms with Gasteiger partial charge in [-0.2, -0.15) is 0 Å². The molecule has 1 heterocycles. The summed E-state index contributed by atoms with van der Waals surface area (Å²) in [5.74, 6) is 2.47. The number of amides is 1. The monoisotopic (exact) mass is 454 g/mol. The van der Waals surface area contributed by atoms with Crippen LogP contribution < -0.4 is 10.5 Å². The molecule has 1 aliphatic carbocycles. The van der Waals surface area contributed by atoms with Crippen LogP contribution in [-0.4, -0.2) is 24.1 Å². The third-order valence-electron chi connectivity index (χ3n) is 7.83. The Morgan fingerprint density at radius 2 is 1.59 bits per heavy atom. The zero-order chi connectivity index (χ0) is 23.7. The van der Waals surface area contributed by atoms with Crippen molar-refractivity contribution in [3.8, 4) is 5.75 Å². The maximum Gasteiger partial charge on any atom is 0.409 e. The summed E-state index contributed by atoms with van der Waals surface area (Å²) in [5, 5.41) is 0. The number of likely N-dealkylation sites (tertiary alicyclic amines) is 1. The largest absolute Gasteiger partial charge is 0.410 e. The number of carbonyl (C=O) groups excluding carboxylic acids is 1. The first-order valence-electron chi connectivity index (χ1n) is 12.4. The second kappa shape index (κ2) is 9.63. The van der Waals surface area contributed by atoms with Gasteiger partial charge in [0.05, 0.1) is 0 Å². The standard InChI is InChI=1S/C30H34N2O2/c1-20-8-10-22(11-9-20)16-27-21(2)26(14-15-28(27)34-30(31)33)29-24-12-13-25(29)19-32(18-24)17-23-6-4-3-5-7-23/h3-11,14-15,24-25,29H,12-13,16-19H2,1-2H3,(H2,31,33). The lowest BCUT2D eigenvalue weighted by Gasteiger charge is -2.39. The van der Waals surface area contributed by atoms with Crippen molar-refractivity contribution in [3.05, 3.63) is 100 Å². The number of piperidine rings is 1. The molecule has 4 nitrogen and oxygen atoms in total. The molecule has 176 valence electrons. The molecule has 0 radical (unpaired) electrons. The quantitative estimate of drug-likeness (QED) is 0.499. The Labute approximate surface area is 202 Å². The number of benzene rings is 3. The fourth-order valence-corrected chi connectivity index (χ4v) is 6.24. The summed E-state index contributed by atoms with van der Waals surface area (Å²) >= 11 is 0. The summed E-state index contributed by atoms with van der Waals surface area (Å²) in [4.78, 5) is 14.3. The average molecular weight is 455 g/mol. The second-order valence-electron chi connectivity index (χ2n) is 10.1. The van der Waals surface area contributed by atoms with Gasteiger partial charge in [0.1, 0.15) is 5.75 Å². The molecule has 2 fully saturated rings. The van der Waals surface area contributed by atoms with Crippen LogP contribution in [0.1, 0.15) is 52.1 Å². The number of rotatable bonds is 6. The summed E-state index contributed by atoms with van der Waals surface area (Å²) in [7, 11) is 0. The lowest BCUT2D eigenvalue weighted by atomic mass is 9.77. The van der Waals surface area contributed by atoms with E-state index in [1.54, 1.807) is 0 Å². The number of hydrogen-bond acceptors (Lipinski definition) is 3. The minimum Gasteiger partial charge on any atom is -0.410 e. The Morgan fingerprint density at radius 1 is 0.912 bits per heavy atom. The van der Waals surface area contributed by atoms with Crippen LogP contribution in [0.4, 0.5) is 4.79 Å². The maximum atomic E-state index is 11.6. The minimum absolute atomic E-state index is 0.561. The van der Waals surface area contributed by atoms with Crippen LogP contribution in [0.5, 0.6) is 5.75 Å². The molecule has 2 bridgehead atoms. The minimum atomic E-state index is -0.758. The molecule has 3 aromatic carbocycles. The van der Waals surface area contributed by atoms with Crippen LogP contribution in [0.3, 0.4) is 0 Å². The number of primary amides is 1. The smallest absolute Gasteiger partial charge is 0.409 e. The number of fused-ring (bicyclic) bond motifs is 2. The highest BCUT2D eigenvalue weighted by Crippen LogP contribution is 2.50. The number of hydrogen-bond donors (Lipinski definition) is 1. The Morgan fingerprint density at radius 3 is 2.24 bits per heavy atom. The normalized spacial score (nSPS) is 22.0. The fourth-order valence-electron chi connectivity index (χ4n) is 6.24. The summed E-state index contributed by atoms with van der Waals surface area (Å²) in [6.07, 6.45) is 2.54. The van der Waals surface area contributed by atoms with Gasteiger partial charge in [-0.25, -0.2) is 4.79 Å². The first kappa shape index (κ1) is 22.7. The van der Waals surface area contributed by atoms with Gasteiger partial charge in [0, 0.05) is 31.6 Å². The van der Waals surface area contributed by atoms with Crippen molar-refractivity contribution < 1.29 is 9.53 Å². The van der Waals surface area contributed by atoms with Gasteiger partial charge in [-0.1, -0.05) is 66.2 Å². The predicted molar refractivity (Wildman–Crippen MR) is 136 cm³/mol. The van der Waals surface area contributed by atoms with Gasteiger partial charge in [0.15, 0.2) is 0 Å². The number of aryl methyl sites for hydroxylation is 1.